The topological polar surface area (TPSA) is 46.2 Å². The molecule has 0 atom stereocenters. The van der Waals surface area contributed by atoms with E-state index in [1.165, 1.54) is 0 Å². The van der Waals surface area contributed by atoms with Gasteiger partial charge in [-0.3, -0.25) is 0 Å². The molecule has 4 heteroatoms. The fourth-order valence-corrected chi connectivity index (χ4v) is 2.08. The number of furan rings is 1. The van der Waals surface area contributed by atoms with E-state index in [0.29, 0.717) is 17.9 Å². The average Bonchev–Trinajstić information content (AvgIpc) is 2.73. The van der Waals surface area contributed by atoms with E-state index in [2.05, 4.69) is 6.92 Å². The second-order valence-electron chi connectivity index (χ2n) is 3.41. The fraction of sp³-hybridized carbons (Fsp3) is 0.308. The normalized spacial score (nSPS) is 10.4. The van der Waals surface area contributed by atoms with Crippen molar-refractivity contribution in [2.24, 2.45) is 0 Å². The van der Waals surface area contributed by atoms with Gasteiger partial charge in [-0.2, -0.15) is 17.0 Å². The summed E-state index contributed by atoms with van der Waals surface area (Å²) in [5.41, 5.74) is 0.696. The highest BCUT2D eigenvalue weighted by Gasteiger charge is 2.14. The van der Waals surface area contributed by atoms with Crippen molar-refractivity contribution >= 4 is 22.7 Å². The Labute approximate surface area is 104 Å². The first-order valence-corrected chi connectivity index (χ1v) is 6.64. The second kappa shape index (κ2) is 5.65. The van der Waals surface area contributed by atoms with Crippen LogP contribution in [0.1, 0.15) is 12.7 Å². The summed E-state index contributed by atoms with van der Waals surface area (Å²) >= 11 is 1.81. The Balaban J connectivity index is 2.22. The van der Waals surface area contributed by atoms with E-state index in [0.717, 1.165) is 16.9 Å². The Bertz CT molecular complexity index is 542. The van der Waals surface area contributed by atoms with Gasteiger partial charge in [0.2, 0.25) is 5.76 Å². The summed E-state index contributed by atoms with van der Waals surface area (Å²) in [6.45, 7) is 2.70. The van der Waals surface area contributed by atoms with Gasteiger partial charge in [0.1, 0.15) is 11.7 Å². The van der Waals surface area contributed by atoms with E-state index in [-0.39, 0.29) is 5.76 Å². The first-order chi connectivity index (χ1) is 8.36. The van der Waals surface area contributed by atoms with E-state index in [9.17, 15) is 0 Å². The third-order valence-corrected chi connectivity index (χ3v) is 3.19. The molecule has 0 saturated carbocycles. The van der Waals surface area contributed by atoms with Crippen molar-refractivity contribution in [1.82, 2.24) is 0 Å². The molecule has 2 aromatic rings. The zero-order valence-electron chi connectivity index (χ0n) is 9.60. The summed E-state index contributed by atoms with van der Waals surface area (Å²) in [4.78, 5) is 0. The van der Waals surface area contributed by atoms with Gasteiger partial charge in [0.25, 0.3) is 0 Å². The number of nitriles is 1. The number of rotatable bonds is 5. The molecule has 0 unspecified atom stereocenters. The van der Waals surface area contributed by atoms with Crippen LogP contribution in [0, 0.1) is 11.3 Å². The Kier molecular flexibility index (Phi) is 3.94. The van der Waals surface area contributed by atoms with Crippen LogP contribution >= 0.6 is 11.8 Å². The Morgan fingerprint density at radius 3 is 3.00 bits per heavy atom. The van der Waals surface area contributed by atoms with Crippen molar-refractivity contribution in [3.63, 3.8) is 0 Å². The molecule has 0 fully saturated rings. The molecule has 17 heavy (non-hydrogen) atoms. The summed E-state index contributed by atoms with van der Waals surface area (Å²) in [7, 11) is 0. The van der Waals surface area contributed by atoms with Crippen LogP contribution in [0.15, 0.2) is 28.7 Å². The number of thioether (sulfide) groups is 1. The van der Waals surface area contributed by atoms with Crippen LogP contribution in [0.4, 0.5) is 0 Å². The van der Waals surface area contributed by atoms with Gasteiger partial charge >= 0.3 is 0 Å². The number of nitrogens with zero attached hydrogens (tertiary/aromatic N) is 1. The first kappa shape index (κ1) is 11.9. The molecular formula is C13H13NO2S. The van der Waals surface area contributed by atoms with Crippen LogP contribution in [0.2, 0.25) is 0 Å². The molecule has 0 aliphatic heterocycles. The van der Waals surface area contributed by atoms with E-state index in [4.69, 9.17) is 14.4 Å². The highest BCUT2D eigenvalue weighted by atomic mass is 32.2. The molecule has 0 amide bonds. The van der Waals surface area contributed by atoms with Gasteiger partial charge in [0.05, 0.1) is 12.0 Å². The highest BCUT2D eigenvalue weighted by molar-refractivity contribution is 7.99. The number of ether oxygens (including phenoxy) is 1. The van der Waals surface area contributed by atoms with Gasteiger partial charge in [-0.15, -0.1) is 0 Å². The molecule has 1 aromatic carbocycles. The molecule has 0 bridgehead atoms. The fourth-order valence-electron chi connectivity index (χ4n) is 1.59. The smallest absolute Gasteiger partial charge is 0.246 e. The SMILES string of the molecule is CCSCCOc1c(C#N)oc2ccccc12. The quantitative estimate of drug-likeness (QED) is 0.759. The van der Waals surface area contributed by atoms with Crippen molar-refractivity contribution < 1.29 is 9.15 Å². The minimum atomic E-state index is 0.257. The summed E-state index contributed by atoms with van der Waals surface area (Å²) in [6.07, 6.45) is 0. The average molecular weight is 247 g/mol. The monoisotopic (exact) mass is 247 g/mol. The molecule has 3 nitrogen and oxygen atoms in total. The van der Waals surface area contributed by atoms with Crippen LogP contribution < -0.4 is 4.74 Å². The van der Waals surface area contributed by atoms with Gasteiger partial charge in [-0.1, -0.05) is 19.1 Å². The Morgan fingerprint density at radius 2 is 2.24 bits per heavy atom. The first-order valence-electron chi connectivity index (χ1n) is 5.49. The number of hydrogen-bond donors (Lipinski definition) is 0. The largest absolute Gasteiger partial charge is 0.487 e. The van der Waals surface area contributed by atoms with Crippen LogP contribution in [-0.4, -0.2) is 18.1 Å². The third kappa shape index (κ3) is 2.56. The van der Waals surface area contributed by atoms with Crippen molar-refractivity contribution in [2.45, 2.75) is 6.92 Å². The van der Waals surface area contributed by atoms with Crippen LogP contribution in [0.3, 0.4) is 0 Å². The molecule has 0 saturated heterocycles. The maximum Gasteiger partial charge on any atom is 0.246 e. The molecule has 88 valence electrons. The zero-order valence-corrected chi connectivity index (χ0v) is 10.4. The molecule has 1 heterocycles. The number of benzene rings is 1. The summed E-state index contributed by atoms with van der Waals surface area (Å²) in [5.74, 6) is 2.81. The molecule has 0 aliphatic rings. The number of hydrogen-bond acceptors (Lipinski definition) is 4. The van der Waals surface area contributed by atoms with E-state index >= 15 is 0 Å². The van der Waals surface area contributed by atoms with Gasteiger partial charge < -0.3 is 9.15 Å². The van der Waals surface area contributed by atoms with Crippen molar-refractivity contribution in [3.8, 4) is 11.8 Å². The van der Waals surface area contributed by atoms with Crippen LogP contribution in [-0.2, 0) is 0 Å². The predicted molar refractivity (Wildman–Crippen MR) is 69.4 cm³/mol. The highest BCUT2D eigenvalue weighted by Crippen LogP contribution is 2.32. The van der Waals surface area contributed by atoms with Gasteiger partial charge in [0.15, 0.2) is 5.75 Å². The maximum atomic E-state index is 8.99. The van der Waals surface area contributed by atoms with Gasteiger partial charge in [0, 0.05) is 5.75 Å². The van der Waals surface area contributed by atoms with Crippen molar-refractivity contribution in [1.29, 1.82) is 5.26 Å². The minimum Gasteiger partial charge on any atom is -0.487 e. The van der Waals surface area contributed by atoms with E-state index in [1.807, 2.05) is 42.1 Å². The molecule has 0 spiro atoms. The Hall–Kier alpha value is -1.60. The molecule has 0 N–H and O–H groups in total. The summed E-state index contributed by atoms with van der Waals surface area (Å²) in [5, 5.41) is 9.86. The lowest BCUT2D eigenvalue weighted by atomic mass is 10.2. The van der Waals surface area contributed by atoms with Gasteiger partial charge in [-0.25, -0.2) is 0 Å². The minimum absolute atomic E-state index is 0.257. The second-order valence-corrected chi connectivity index (χ2v) is 4.81. The molecule has 0 radical (unpaired) electrons. The third-order valence-electron chi connectivity index (χ3n) is 2.33. The van der Waals surface area contributed by atoms with Crippen molar-refractivity contribution in [3.05, 3.63) is 30.0 Å². The zero-order chi connectivity index (χ0) is 12.1. The summed E-state index contributed by atoms with van der Waals surface area (Å²) in [6, 6.07) is 9.56. The number of para-hydroxylation sites is 1. The van der Waals surface area contributed by atoms with E-state index < -0.39 is 0 Å². The molecule has 2 rings (SSSR count). The molecule has 0 aliphatic carbocycles. The standard InChI is InChI=1S/C13H13NO2S/c1-2-17-8-7-15-13-10-5-3-4-6-11(10)16-12(13)9-14/h3-6H,2,7-8H2,1H3. The van der Waals surface area contributed by atoms with Crippen LogP contribution in [0.25, 0.3) is 11.0 Å². The summed E-state index contributed by atoms with van der Waals surface area (Å²) < 4.78 is 11.1. The lowest BCUT2D eigenvalue weighted by Crippen LogP contribution is -2.00. The van der Waals surface area contributed by atoms with Crippen molar-refractivity contribution in [2.75, 3.05) is 18.1 Å². The van der Waals surface area contributed by atoms with Gasteiger partial charge in [-0.05, 0) is 17.9 Å². The van der Waals surface area contributed by atoms with E-state index in [1.54, 1.807) is 0 Å². The molecular weight excluding hydrogens is 234 g/mol. The lowest BCUT2D eigenvalue weighted by Gasteiger charge is -2.03. The lowest BCUT2D eigenvalue weighted by molar-refractivity contribution is 0.340. The predicted octanol–water partition coefficient (Wildman–Crippen LogP) is 3.44. The molecule has 1 aromatic heterocycles. The maximum absolute atomic E-state index is 8.99. The number of fused-ring (bicyclic) bond motifs is 1. The van der Waals surface area contributed by atoms with Crippen LogP contribution in [0.5, 0.6) is 5.75 Å². The Morgan fingerprint density at radius 1 is 1.41 bits per heavy atom.